The Bertz CT molecular complexity index is 620. The third-order valence-corrected chi connectivity index (χ3v) is 3.00. The van der Waals surface area contributed by atoms with Crippen LogP contribution in [0.3, 0.4) is 0 Å². The Morgan fingerprint density at radius 3 is 2.79 bits per heavy atom. The molecule has 1 aromatic carbocycles. The van der Waals surface area contributed by atoms with E-state index in [1.807, 2.05) is 0 Å². The summed E-state index contributed by atoms with van der Waals surface area (Å²) in [6, 6.07) is 7.47. The second kappa shape index (κ2) is 5.86. The highest BCUT2D eigenvalue weighted by Crippen LogP contribution is 2.29. The number of benzene rings is 1. The van der Waals surface area contributed by atoms with Gasteiger partial charge in [0.05, 0.1) is 16.0 Å². The first-order chi connectivity index (χ1) is 9.08. The molecule has 0 saturated heterocycles. The Balaban J connectivity index is 2.17. The van der Waals surface area contributed by atoms with Crippen LogP contribution in [-0.4, -0.2) is 9.91 Å². The quantitative estimate of drug-likeness (QED) is 0.488. The molecule has 19 heavy (non-hydrogen) atoms. The predicted octanol–water partition coefficient (Wildman–Crippen LogP) is 3.88. The molecule has 0 aliphatic carbocycles. The first-order valence-electron chi connectivity index (χ1n) is 5.24. The first kappa shape index (κ1) is 13.6. The van der Waals surface area contributed by atoms with Crippen molar-refractivity contribution in [2.75, 3.05) is 0 Å². The minimum Gasteiger partial charge on any atom is -0.487 e. The van der Waals surface area contributed by atoms with E-state index in [4.69, 9.17) is 27.9 Å². The molecular weight excluding hydrogens is 291 g/mol. The van der Waals surface area contributed by atoms with Crippen LogP contribution in [0.15, 0.2) is 36.5 Å². The van der Waals surface area contributed by atoms with E-state index in [0.717, 1.165) is 0 Å². The summed E-state index contributed by atoms with van der Waals surface area (Å²) in [5.41, 5.74) is 0.587. The molecule has 0 aliphatic heterocycles. The van der Waals surface area contributed by atoms with Gasteiger partial charge in [-0.05, 0) is 12.1 Å². The van der Waals surface area contributed by atoms with E-state index in [1.165, 1.54) is 18.2 Å². The fraction of sp³-hybridized carbons (Fsp3) is 0.0833. The molecule has 2 rings (SSSR count). The lowest BCUT2D eigenvalue weighted by molar-refractivity contribution is -0.384. The molecule has 0 bridgehead atoms. The zero-order chi connectivity index (χ0) is 13.8. The minimum absolute atomic E-state index is 0.0864. The van der Waals surface area contributed by atoms with Gasteiger partial charge in [0.25, 0.3) is 5.69 Å². The van der Waals surface area contributed by atoms with Crippen molar-refractivity contribution in [3.8, 4) is 5.75 Å². The van der Waals surface area contributed by atoms with Crippen molar-refractivity contribution in [3.63, 3.8) is 0 Å². The maximum absolute atomic E-state index is 10.7. The topological polar surface area (TPSA) is 65.3 Å². The monoisotopic (exact) mass is 298 g/mol. The molecule has 0 aliphatic rings. The van der Waals surface area contributed by atoms with Crippen LogP contribution in [0.2, 0.25) is 10.2 Å². The highest BCUT2D eigenvalue weighted by molar-refractivity contribution is 6.32. The molecule has 1 aromatic heterocycles. The largest absolute Gasteiger partial charge is 0.487 e. The zero-order valence-corrected chi connectivity index (χ0v) is 11.1. The van der Waals surface area contributed by atoms with Gasteiger partial charge in [0.2, 0.25) is 0 Å². The van der Waals surface area contributed by atoms with Crippen LogP contribution in [0.1, 0.15) is 5.56 Å². The number of ether oxygens (including phenoxy) is 1. The number of aromatic nitrogens is 1. The summed E-state index contributed by atoms with van der Waals surface area (Å²) in [7, 11) is 0. The van der Waals surface area contributed by atoms with Crippen LogP contribution in [0.5, 0.6) is 5.75 Å². The summed E-state index contributed by atoms with van der Waals surface area (Å²) >= 11 is 11.8. The Labute approximate surface area is 118 Å². The van der Waals surface area contributed by atoms with E-state index >= 15 is 0 Å². The van der Waals surface area contributed by atoms with Crippen LogP contribution in [0.4, 0.5) is 5.69 Å². The van der Waals surface area contributed by atoms with Crippen molar-refractivity contribution in [2.24, 2.45) is 0 Å². The normalized spacial score (nSPS) is 10.2. The Hall–Kier alpha value is -1.85. The van der Waals surface area contributed by atoms with Gasteiger partial charge in [0.1, 0.15) is 17.5 Å². The van der Waals surface area contributed by atoms with Crippen LogP contribution < -0.4 is 4.74 Å². The van der Waals surface area contributed by atoms with Crippen LogP contribution in [-0.2, 0) is 6.61 Å². The van der Waals surface area contributed by atoms with Gasteiger partial charge in [-0.15, -0.1) is 0 Å². The zero-order valence-electron chi connectivity index (χ0n) is 9.55. The van der Waals surface area contributed by atoms with E-state index in [1.54, 1.807) is 18.3 Å². The first-order valence-corrected chi connectivity index (χ1v) is 5.99. The molecule has 0 fully saturated rings. The summed E-state index contributed by atoms with van der Waals surface area (Å²) in [6.07, 6.45) is 1.56. The Kier molecular flexibility index (Phi) is 4.19. The number of nitrogens with zero attached hydrogens (tertiary/aromatic N) is 2. The third kappa shape index (κ3) is 3.33. The number of pyridine rings is 1. The SMILES string of the molecule is O=[N+]([O-])c1ccc(Cl)c(OCc2cccnc2Cl)c1. The smallest absolute Gasteiger partial charge is 0.273 e. The second-order valence-corrected chi connectivity index (χ2v) is 4.38. The number of rotatable bonds is 4. The number of halogens is 2. The van der Waals surface area contributed by atoms with Crippen molar-refractivity contribution in [1.82, 2.24) is 4.98 Å². The molecule has 0 spiro atoms. The van der Waals surface area contributed by atoms with Gasteiger partial charge in [0, 0.05) is 17.8 Å². The average molecular weight is 299 g/mol. The van der Waals surface area contributed by atoms with Gasteiger partial charge < -0.3 is 4.74 Å². The molecule has 1 heterocycles. The fourth-order valence-electron chi connectivity index (χ4n) is 1.40. The highest BCUT2D eigenvalue weighted by atomic mass is 35.5. The molecule has 2 aromatic rings. The molecule has 0 N–H and O–H groups in total. The van der Waals surface area contributed by atoms with Crippen molar-refractivity contribution in [1.29, 1.82) is 0 Å². The average Bonchev–Trinajstić information content (AvgIpc) is 2.39. The minimum atomic E-state index is -0.514. The molecule has 0 amide bonds. The molecule has 0 atom stereocenters. The number of hydrogen-bond donors (Lipinski definition) is 0. The van der Waals surface area contributed by atoms with E-state index in [0.29, 0.717) is 15.7 Å². The summed E-state index contributed by atoms with van der Waals surface area (Å²) in [5, 5.41) is 11.3. The van der Waals surface area contributed by atoms with Crippen LogP contribution in [0, 0.1) is 10.1 Å². The maximum atomic E-state index is 10.7. The molecular formula is C12H8Cl2N2O3. The molecule has 5 nitrogen and oxygen atoms in total. The molecule has 98 valence electrons. The van der Waals surface area contributed by atoms with Crippen molar-refractivity contribution >= 4 is 28.9 Å². The summed E-state index contributed by atoms with van der Waals surface area (Å²) < 4.78 is 5.43. The highest BCUT2D eigenvalue weighted by Gasteiger charge is 2.11. The lowest BCUT2D eigenvalue weighted by atomic mass is 10.3. The van der Waals surface area contributed by atoms with Crippen molar-refractivity contribution in [2.45, 2.75) is 6.61 Å². The lowest BCUT2D eigenvalue weighted by Gasteiger charge is -2.08. The molecule has 0 radical (unpaired) electrons. The molecule has 0 unspecified atom stereocenters. The summed E-state index contributed by atoms with van der Waals surface area (Å²) in [4.78, 5) is 14.1. The van der Waals surface area contributed by atoms with Gasteiger partial charge in [-0.25, -0.2) is 4.98 Å². The summed E-state index contributed by atoms with van der Waals surface area (Å²) in [6.45, 7) is 0.133. The summed E-state index contributed by atoms with van der Waals surface area (Å²) in [5.74, 6) is 0.232. The fourth-order valence-corrected chi connectivity index (χ4v) is 1.74. The number of non-ortho nitro benzene ring substituents is 1. The van der Waals surface area contributed by atoms with Gasteiger partial charge in [-0.2, -0.15) is 0 Å². The van der Waals surface area contributed by atoms with E-state index in [-0.39, 0.29) is 18.0 Å². The molecule has 0 saturated carbocycles. The second-order valence-electron chi connectivity index (χ2n) is 3.61. The van der Waals surface area contributed by atoms with Gasteiger partial charge in [-0.1, -0.05) is 29.3 Å². The van der Waals surface area contributed by atoms with Crippen molar-refractivity contribution < 1.29 is 9.66 Å². The third-order valence-electron chi connectivity index (χ3n) is 2.35. The van der Waals surface area contributed by atoms with E-state index in [9.17, 15) is 10.1 Å². The van der Waals surface area contributed by atoms with Crippen LogP contribution >= 0.6 is 23.2 Å². The Morgan fingerprint density at radius 2 is 2.11 bits per heavy atom. The van der Waals surface area contributed by atoms with Crippen molar-refractivity contribution in [3.05, 3.63) is 62.4 Å². The maximum Gasteiger partial charge on any atom is 0.273 e. The predicted molar refractivity (Wildman–Crippen MR) is 71.7 cm³/mol. The number of nitro groups is 1. The Morgan fingerprint density at radius 1 is 1.32 bits per heavy atom. The standard InChI is InChI=1S/C12H8Cl2N2O3/c13-10-4-3-9(16(17)18)6-11(10)19-7-8-2-1-5-15-12(8)14/h1-6H,7H2. The number of hydrogen-bond acceptors (Lipinski definition) is 4. The number of nitro benzene ring substituents is 1. The van der Waals surface area contributed by atoms with Gasteiger partial charge in [-0.3, -0.25) is 10.1 Å². The van der Waals surface area contributed by atoms with Gasteiger partial charge >= 0.3 is 0 Å². The van der Waals surface area contributed by atoms with E-state index < -0.39 is 4.92 Å². The van der Waals surface area contributed by atoms with E-state index in [2.05, 4.69) is 4.98 Å². The molecule has 7 heteroatoms. The lowest BCUT2D eigenvalue weighted by Crippen LogP contribution is -1.98. The van der Waals surface area contributed by atoms with Gasteiger partial charge in [0.15, 0.2) is 0 Å². The van der Waals surface area contributed by atoms with Crippen LogP contribution in [0.25, 0.3) is 0 Å².